The molecule has 0 fully saturated rings. The molecular weight excluding hydrogens is 360 g/mol. The number of anilines is 1. The van der Waals surface area contributed by atoms with Crippen molar-refractivity contribution in [3.8, 4) is 0 Å². The lowest BCUT2D eigenvalue weighted by atomic mass is 9.82. The molecule has 0 aliphatic rings. The molecule has 0 bridgehead atoms. The zero-order valence-corrected chi connectivity index (χ0v) is 17.7. The van der Waals surface area contributed by atoms with Gasteiger partial charge in [-0.25, -0.2) is 8.42 Å². The molecule has 1 amide bonds. The average molecular weight is 389 g/mol. The van der Waals surface area contributed by atoms with Gasteiger partial charge in [-0.05, 0) is 50.3 Å². The third-order valence-corrected chi connectivity index (χ3v) is 5.13. The van der Waals surface area contributed by atoms with Crippen LogP contribution in [0.15, 0.2) is 18.2 Å². The molecular formula is C18H29ClN2O3S. The minimum Gasteiger partial charge on any atom is -0.350 e. The van der Waals surface area contributed by atoms with E-state index >= 15 is 0 Å². The minimum absolute atomic E-state index is 0.0395. The summed E-state index contributed by atoms with van der Waals surface area (Å²) in [5.41, 5.74) is 0.817. The van der Waals surface area contributed by atoms with Crippen LogP contribution in [0.1, 0.15) is 46.6 Å². The van der Waals surface area contributed by atoms with Crippen molar-refractivity contribution in [3.05, 3.63) is 28.8 Å². The van der Waals surface area contributed by atoms with Crippen molar-refractivity contribution in [2.75, 3.05) is 17.1 Å². The van der Waals surface area contributed by atoms with Gasteiger partial charge in [-0.2, -0.15) is 0 Å². The number of nitrogens with zero attached hydrogens (tertiary/aromatic N) is 1. The van der Waals surface area contributed by atoms with Gasteiger partial charge in [0.05, 0.1) is 11.9 Å². The number of amides is 1. The monoisotopic (exact) mass is 388 g/mol. The number of sulfonamides is 1. The highest BCUT2D eigenvalue weighted by Crippen LogP contribution is 2.27. The third-order valence-electron chi connectivity index (χ3n) is 3.58. The molecule has 1 aromatic rings. The maximum Gasteiger partial charge on any atom is 0.241 e. The standard InChI is InChI=1S/C18H29ClN2O3S/c1-13-8-9-14(10-15(13)19)21(25(7,23)24)11-16(22)20-18(5,6)12-17(2,3)4/h8-10H,11-12H2,1-7H3,(H,20,22). The topological polar surface area (TPSA) is 66.5 Å². The molecule has 142 valence electrons. The van der Waals surface area contributed by atoms with E-state index in [0.29, 0.717) is 10.7 Å². The van der Waals surface area contributed by atoms with E-state index in [1.54, 1.807) is 18.2 Å². The lowest BCUT2D eigenvalue weighted by molar-refractivity contribution is -0.121. The summed E-state index contributed by atoms with van der Waals surface area (Å²) >= 11 is 6.10. The Bertz CT molecular complexity index is 737. The lowest BCUT2D eigenvalue weighted by Gasteiger charge is -2.34. The van der Waals surface area contributed by atoms with Crippen LogP contribution < -0.4 is 9.62 Å². The van der Waals surface area contributed by atoms with Crippen LogP contribution in [0.2, 0.25) is 5.02 Å². The number of nitrogens with one attached hydrogen (secondary N) is 1. The first-order valence-corrected chi connectivity index (χ1v) is 10.4. The predicted octanol–water partition coefficient (Wildman–Crippen LogP) is 3.75. The first-order valence-electron chi connectivity index (χ1n) is 8.16. The van der Waals surface area contributed by atoms with Gasteiger partial charge in [0.2, 0.25) is 15.9 Å². The van der Waals surface area contributed by atoms with Gasteiger partial charge in [0.15, 0.2) is 0 Å². The van der Waals surface area contributed by atoms with Gasteiger partial charge in [0.1, 0.15) is 6.54 Å². The van der Waals surface area contributed by atoms with Gasteiger partial charge in [-0.3, -0.25) is 9.10 Å². The lowest BCUT2D eigenvalue weighted by Crippen LogP contribution is -2.50. The van der Waals surface area contributed by atoms with Crippen molar-refractivity contribution < 1.29 is 13.2 Å². The predicted molar refractivity (Wildman–Crippen MR) is 105 cm³/mol. The SMILES string of the molecule is Cc1ccc(N(CC(=O)NC(C)(C)CC(C)(C)C)S(C)(=O)=O)cc1Cl. The molecule has 0 aliphatic carbocycles. The van der Waals surface area contributed by atoms with E-state index in [1.807, 2.05) is 20.8 Å². The smallest absolute Gasteiger partial charge is 0.241 e. The second-order valence-electron chi connectivity index (χ2n) is 8.37. The van der Waals surface area contributed by atoms with E-state index in [1.165, 1.54) is 0 Å². The summed E-state index contributed by atoms with van der Waals surface area (Å²) < 4.78 is 25.4. The maximum atomic E-state index is 12.5. The van der Waals surface area contributed by atoms with Gasteiger partial charge in [0, 0.05) is 10.6 Å². The first kappa shape index (κ1) is 21.8. The molecule has 0 unspecified atom stereocenters. The van der Waals surface area contributed by atoms with Crippen LogP contribution in [-0.2, 0) is 14.8 Å². The molecule has 0 radical (unpaired) electrons. The van der Waals surface area contributed by atoms with Crippen LogP contribution in [0.4, 0.5) is 5.69 Å². The van der Waals surface area contributed by atoms with E-state index < -0.39 is 15.6 Å². The summed E-state index contributed by atoms with van der Waals surface area (Å²) in [5, 5.41) is 3.39. The molecule has 1 aromatic carbocycles. The molecule has 5 nitrogen and oxygen atoms in total. The zero-order chi connectivity index (χ0) is 19.6. The number of hydrogen-bond donors (Lipinski definition) is 1. The van der Waals surface area contributed by atoms with Crippen molar-refractivity contribution in [1.82, 2.24) is 5.32 Å². The molecule has 25 heavy (non-hydrogen) atoms. The van der Waals surface area contributed by atoms with Crippen LogP contribution >= 0.6 is 11.6 Å². The van der Waals surface area contributed by atoms with Crippen LogP contribution in [0.3, 0.4) is 0 Å². The Labute approximate surface area is 156 Å². The number of halogens is 1. The fourth-order valence-electron chi connectivity index (χ4n) is 3.05. The van der Waals surface area contributed by atoms with E-state index in [2.05, 4.69) is 26.1 Å². The van der Waals surface area contributed by atoms with Crippen molar-refractivity contribution in [1.29, 1.82) is 0 Å². The van der Waals surface area contributed by atoms with E-state index in [4.69, 9.17) is 11.6 Å². The molecule has 0 aliphatic heterocycles. The fourth-order valence-corrected chi connectivity index (χ4v) is 4.08. The van der Waals surface area contributed by atoms with Crippen molar-refractivity contribution >= 4 is 33.2 Å². The van der Waals surface area contributed by atoms with Gasteiger partial charge < -0.3 is 5.32 Å². The van der Waals surface area contributed by atoms with Gasteiger partial charge >= 0.3 is 0 Å². The number of carbonyl (C=O) groups excluding carboxylic acids is 1. The molecule has 1 rings (SSSR count). The second kappa shape index (κ2) is 7.54. The molecule has 0 saturated carbocycles. The van der Waals surface area contributed by atoms with Crippen LogP contribution in [-0.4, -0.2) is 32.7 Å². The van der Waals surface area contributed by atoms with Crippen molar-refractivity contribution in [3.63, 3.8) is 0 Å². The average Bonchev–Trinajstić information content (AvgIpc) is 2.34. The number of hydrogen-bond acceptors (Lipinski definition) is 3. The Kier molecular flexibility index (Phi) is 6.57. The quantitative estimate of drug-likeness (QED) is 0.807. The molecule has 7 heteroatoms. The minimum atomic E-state index is -3.62. The molecule has 0 atom stereocenters. The van der Waals surface area contributed by atoms with Gasteiger partial charge in [-0.1, -0.05) is 38.4 Å². The number of rotatable bonds is 6. The fraction of sp³-hybridized carbons (Fsp3) is 0.611. The summed E-state index contributed by atoms with van der Waals surface area (Å²) in [6, 6.07) is 4.94. The zero-order valence-electron chi connectivity index (χ0n) is 16.1. The highest BCUT2D eigenvalue weighted by molar-refractivity contribution is 7.92. The number of carbonyl (C=O) groups is 1. The summed E-state index contributed by atoms with van der Waals surface area (Å²) in [4.78, 5) is 12.5. The van der Waals surface area contributed by atoms with Crippen molar-refractivity contribution in [2.45, 2.75) is 53.5 Å². The summed E-state index contributed by atoms with van der Waals surface area (Å²) in [5.74, 6) is -0.351. The van der Waals surface area contributed by atoms with Crippen LogP contribution in [0, 0.1) is 12.3 Å². The maximum absolute atomic E-state index is 12.5. The van der Waals surface area contributed by atoms with Crippen molar-refractivity contribution in [2.24, 2.45) is 5.41 Å². The summed E-state index contributed by atoms with van der Waals surface area (Å²) in [6.07, 6.45) is 1.84. The summed E-state index contributed by atoms with van der Waals surface area (Å²) in [6.45, 7) is 11.7. The second-order valence-corrected chi connectivity index (χ2v) is 10.7. The van der Waals surface area contributed by atoms with E-state index in [-0.39, 0.29) is 17.9 Å². The Morgan fingerprint density at radius 2 is 1.76 bits per heavy atom. The Morgan fingerprint density at radius 3 is 2.20 bits per heavy atom. The molecule has 0 heterocycles. The number of aryl methyl sites for hydroxylation is 1. The molecule has 0 saturated heterocycles. The molecule has 0 spiro atoms. The van der Waals surface area contributed by atoms with E-state index in [0.717, 1.165) is 22.5 Å². The van der Waals surface area contributed by atoms with Crippen LogP contribution in [0.5, 0.6) is 0 Å². The Hall–Kier alpha value is -1.27. The van der Waals surface area contributed by atoms with E-state index in [9.17, 15) is 13.2 Å². The Balaban J connectivity index is 3.00. The van der Waals surface area contributed by atoms with Crippen LogP contribution in [0.25, 0.3) is 0 Å². The largest absolute Gasteiger partial charge is 0.350 e. The highest BCUT2D eigenvalue weighted by atomic mass is 35.5. The molecule has 0 aromatic heterocycles. The normalized spacial score (nSPS) is 12.8. The summed E-state index contributed by atoms with van der Waals surface area (Å²) in [7, 11) is -3.62. The number of benzene rings is 1. The van der Waals surface area contributed by atoms with Gasteiger partial charge in [-0.15, -0.1) is 0 Å². The highest BCUT2D eigenvalue weighted by Gasteiger charge is 2.29. The Morgan fingerprint density at radius 1 is 1.20 bits per heavy atom. The third kappa shape index (κ3) is 7.24. The molecule has 1 N–H and O–H groups in total. The first-order chi connectivity index (χ1) is 11.1. The van der Waals surface area contributed by atoms with Gasteiger partial charge in [0.25, 0.3) is 0 Å².